The molecule has 9 heteroatoms. The first-order chi connectivity index (χ1) is 15.9. The Balaban J connectivity index is 1.79. The van der Waals surface area contributed by atoms with E-state index in [0.29, 0.717) is 18.0 Å². The Kier molecular flexibility index (Phi) is 8.59. The van der Waals surface area contributed by atoms with Gasteiger partial charge in [0.25, 0.3) is 11.8 Å². The highest BCUT2D eigenvalue weighted by molar-refractivity contribution is 7.80. The molecule has 0 spiro atoms. The van der Waals surface area contributed by atoms with E-state index in [1.807, 2.05) is 11.0 Å². The fourth-order valence-corrected chi connectivity index (χ4v) is 4.22. The number of carbonyl (C=O) groups excluding carboxylic acids is 2. The van der Waals surface area contributed by atoms with Crippen LogP contribution in [-0.4, -0.2) is 41.6 Å². The SMILES string of the molecule is COc1cc(CN(C(=S)NC(=O)c2ccccc2F)C2CCCCC2)ccc1OCC(N)=O. The maximum atomic E-state index is 14.1. The van der Waals surface area contributed by atoms with Crippen LogP contribution in [0.4, 0.5) is 4.39 Å². The standard InChI is InChI=1S/C24H28FN3O4S/c1-31-21-13-16(11-12-20(21)32-15-22(26)29)14-28(17-7-3-2-4-8-17)24(33)27-23(30)18-9-5-6-10-19(18)25/h5-6,9-13,17H,2-4,7-8,14-15H2,1H3,(H2,26,29)(H,27,30,33). The molecule has 176 valence electrons. The van der Waals surface area contributed by atoms with Gasteiger partial charge >= 0.3 is 0 Å². The van der Waals surface area contributed by atoms with Crippen molar-refractivity contribution < 1.29 is 23.5 Å². The molecule has 1 aliphatic carbocycles. The highest BCUT2D eigenvalue weighted by atomic mass is 32.1. The Morgan fingerprint density at radius 3 is 2.55 bits per heavy atom. The smallest absolute Gasteiger partial charge is 0.260 e. The van der Waals surface area contributed by atoms with E-state index in [1.165, 1.54) is 31.7 Å². The van der Waals surface area contributed by atoms with Crippen LogP contribution in [0, 0.1) is 5.82 Å². The third-order valence-electron chi connectivity index (χ3n) is 5.57. The normalized spacial score (nSPS) is 13.8. The largest absolute Gasteiger partial charge is 0.493 e. The summed E-state index contributed by atoms with van der Waals surface area (Å²) in [5.41, 5.74) is 5.98. The van der Waals surface area contributed by atoms with E-state index >= 15 is 0 Å². The Labute approximate surface area is 198 Å². The lowest BCUT2D eigenvalue weighted by molar-refractivity contribution is -0.119. The van der Waals surface area contributed by atoms with E-state index in [0.717, 1.165) is 31.2 Å². The number of thiocarbonyl (C=S) groups is 1. The molecule has 0 saturated heterocycles. The maximum Gasteiger partial charge on any atom is 0.260 e. The van der Waals surface area contributed by atoms with Crippen molar-refractivity contribution in [2.45, 2.75) is 44.7 Å². The molecule has 0 aliphatic heterocycles. The van der Waals surface area contributed by atoms with E-state index in [1.54, 1.807) is 18.2 Å². The van der Waals surface area contributed by atoms with Gasteiger partial charge in [0.1, 0.15) is 5.82 Å². The number of ether oxygens (including phenoxy) is 2. The van der Waals surface area contributed by atoms with Crippen molar-refractivity contribution in [2.75, 3.05) is 13.7 Å². The fourth-order valence-electron chi connectivity index (χ4n) is 3.92. The second kappa shape index (κ2) is 11.6. The molecular formula is C24H28FN3O4S. The van der Waals surface area contributed by atoms with Gasteiger partial charge in [-0.25, -0.2) is 4.39 Å². The van der Waals surface area contributed by atoms with Gasteiger partial charge in [0, 0.05) is 12.6 Å². The third kappa shape index (κ3) is 6.64. The Hall–Kier alpha value is -3.20. The van der Waals surface area contributed by atoms with Gasteiger partial charge in [-0.1, -0.05) is 37.5 Å². The van der Waals surface area contributed by atoms with Crippen molar-refractivity contribution in [3.05, 3.63) is 59.4 Å². The first-order valence-electron chi connectivity index (χ1n) is 10.8. The lowest BCUT2D eigenvalue weighted by atomic mass is 9.94. The highest BCUT2D eigenvalue weighted by Crippen LogP contribution is 2.30. The van der Waals surface area contributed by atoms with Gasteiger partial charge in [0.05, 0.1) is 12.7 Å². The number of benzene rings is 2. The molecule has 7 nitrogen and oxygen atoms in total. The molecule has 0 heterocycles. The molecule has 3 rings (SSSR count). The topological polar surface area (TPSA) is 93.9 Å². The molecule has 0 bridgehead atoms. The van der Waals surface area contributed by atoms with E-state index in [2.05, 4.69) is 5.32 Å². The van der Waals surface area contributed by atoms with Crippen LogP contribution < -0.4 is 20.5 Å². The van der Waals surface area contributed by atoms with Gasteiger partial charge in [0.2, 0.25) is 0 Å². The fraction of sp³-hybridized carbons (Fsp3) is 0.375. The number of carbonyl (C=O) groups is 2. The second-order valence-electron chi connectivity index (χ2n) is 7.90. The average Bonchev–Trinajstić information content (AvgIpc) is 2.82. The molecule has 1 aliphatic rings. The summed E-state index contributed by atoms with van der Waals surface area (Å²) in [6.07, 6.45) is 5.22. The van der Waals surface area contributed by atoms with Crippen molar-refractivity contribution >= 4 is 29.1 Å². The minimum absolute atomic E-state index is 0.0546. The number of nitrogens with two attached hydrogens (primary N) is 1. The van der Waals surface area contributed by atoms with E-state index in [-0.39, 0.29) is 23.3 Å². The summed E-state index contributed by atoms with van der Waals surface area (Å²) in [7, 11) is 1.51. The average molecular weight is 474 g/mol. The van der Waals surface area contributed by atoms with E-state index < -0.39 is 17.6 Å². The first-order valence-corrected chi connectivity index (χ1v) is 11.2. The number of rotatable bonds is 8. The summed E-state index contributed by atoms with van der Waals surface area (Å²) < 4.78 is 24.9. The number of nitrogens with zero attached hydrogens (tertiary/aromatic N) is 1. The molecule has 0 aromatic heterocycles. The van der Waals surface area contributed by atoms with Gasteiger partial charge in [0.15, 0.2) is 23.2 Å². The Morgan fingerprint density at radius 1 is 1.15 bits per heavy atom. The second-order valence-corrected chi connectivity index (χ2v) is 8.29. The lowest BCUT2D eigenvalue weighted by Gasteiger charge is -2.36. The third-order valence-corrected chi connectivity index (χ3v) is 5.90. The molecule has 3 N–H and O–H groups in total. The predicted molar refractivity (Wildman–Crippen MR) is 127 cm³/mol. The Bertz CT molecular complexity index is 1010. The number of hydrogen-bond donors (Lipinski definition) is 2. The van der Waals surface area contributed by atoms with Crippen LogP contribution in [0.1, 0.15) is 48.0 Å². The molecular weight excluding hydrogens is 445 g/mol. The number of nitrogens with one attached hydrogen (secondary N) is 1. The number of halogens is 1. The zero-order valence-electron chi connectivity index (χ0n) is 18.5. The molecule has 0 atom stereocenters. The molecule has 1 fully saturated rings. The summed E-state index contributed by atoms with van der Waals surface area (Å²) in [6.45, 7) is 0.170. The van der Waals surface area contributed by atoms with Crippen LogP contribution >= 0.6 is 12.2 Å². The summed E-state index contributed by atoms with van der Waals surface area (Å²) in [5.74, 6) is -0.899. The van der Waals surface area contributed by atoms with Crippen LogP contribution in [0.5, 0.6) is 11.5 Å². The van der Waals surface area contributed by atoms with Gasteiger partial charge in [-0.2, -0.15) is 0 Å². The quantitative estimate of drug-likeness (QED) is 0.570. The number of amides is 2. The van der Waals surface area contributed by atoms with Gasteiger partial charge in [-0.05, 0) is 54.9 Å². The number of methoxy groups -OCH3 is 1. The minimum atomic E-state index is -0.599. The maximum absolute atomic E-state index is 14.1. The van der Waals surface area contributed by atoms with Crippen molar-refractivity contribution in [3.63, 3.8) is 0 Å². The summed E-state index contributed by atoms with van der Waals surface area (Å²) >= 11 is 5.60. The summed E-state index contributed by atoms with van der Waals surface area (Å²) in [6, 6.07) is 11.3. The molecule has 2 amide bonds. The Morgan fingerprint density at radius 2 is 1.88 bits per heavy atom. The number of hydrogen-bond acceptors (Lipinski definition) is 5. The van der Waals surface area contributed by atoms with E-state index in [9.17, 15) is 14.0 Å². The first kappa shape index (κ1) is 24.4. The van der Waals surface area contributed by atoms with Crippen LogP contribution in [0.15, 0.2) is 42.5 Å². The summed E-state index contributed by atoms with van der Waals surface area (Å²) in [4.78, 5) is 25.6. The molecule has 2 aromatic rings. The molecule has 33 heavy (non-hydrogen) atoms. The van der Waals surface area contributed by atoms with Gasteiger partial charge < -0.3 is 20.1 Å². The van der Waals surface area contributed by atoms with Crippen LogP contribution in [0.2, 0.25) is 0 Å². The lowest BCUT2D eigenvalue weighted by Crippen LogP contribution is -2.48. The molecule has 0 unspecified atom stereocenters. The molecule has 0 radical (unpaired) electrons. The van der Waals surface area contributed by atoms with Crippen LogP contribution in [-0.2, 0) is 11.3 Å². The van der Waals surface area contributed by atoms with Gasteiger partial charge in [-0.15, -0.1) is 0 Å². The van der Waals surface area contributed by atoms with Crippen LogP contribution in [0.3, 0.4) is 0 Å². The van der Waals surface area contributed by atoms with Crippen molar-refractivity contribution in [1.29, 1.82) is 0 Å². The zero-order chi connectivity index (χ0) is 23.8. The molecule has 2 aromatic carbocycles. The molecule has 1 saturated carbocycles. The predicted octanol–water partition coefficient (Wildman–Crippen LogP) is 3.55. The minimum Gasteiger partial charge on any atom is -0.493 e. The van der Waals surface area contributed by atoms with Crippen molar-refractivity contribution in [3.8, 4) is 11.5 Å². The van der Waals surface area contributed by atoms with E-state index in [4.69, 9.17) is 27.4 Å². The van der Waals surface area contributed by atoms with Crippen LogP contribution in [0.25, 0.3) is 0 Å². The van der Waals surface area contributed by atoms with Crippen molar-refractivity contribution in [1.82, 2.24) is 10.2 Å². The van der Waals surface area contributed by atoms with Crippen molar-refractivity contribution in [2.24, 2.45) is 5.73 Å². The zero-order valence-corrected chi connectivity index (χ0v) is 19.3. The highest BCUT2D eigenvalue weighted by Gasteiger charge is 2.25. The number of primary amides is 1. The summed E-state index contributed by atoms with van der Waals surface area (Å²) in [5, 5.41) is 2.95. The monoisotopic (exact) mass is 473 g/mol. The van der Waals surface area contributed by atoms with Gasteiger partial charge in [-0.3, -0.25) is 14.9 Å².